The molecule has 0 bridgehead atoms. The van der Waals surface area contributed by atoms with Gasteiger partial charge in [-0.25, -0.2) is 0 Å². The molecule has 0 spiro atoms. The number of fused-ring (bicyclic) bond motifs is 1. The minimum absolute atomic E-state index is 0.639. The fourth-order valence-corrected chi connectivity index (χ4v) is 3.42. The smallest absolute Gasteiger partial charge is 0.191 e. The minimum atomic E-state index is 0.639. The highest BCUT2D eigenvalue weighted by Gasteiger charge is 2.14. The number of guanidine groups is 1. The quantitative estimate of drug-likeness (QED) is 0.559. The van der Waals surface area contributed by atoms with Crippen LogP contribution in [0.25, 0.3) is 0 Å². The second kappa shape index (κ2) is 9.96. The van der Waals surface area contributed by atoms with Gasteiger partial charge in [0.05, 0.1) is 14.2 Å². The van der Waals surface area contributed by atoms with Crippen molar-refractivity contribution in [2.24, 2.45) is 4.99 Å². The molecule has 8 heteroatoms. The van der Waals surface area contributed by atoms with Crippen LogP contribution in [-0.4, -0.2) is 48.5 Å². The molecule has 152 valence electrons. The number of aliphatic imine (C=N–C) groups is 1. The van der Waals surface area contributed by atoms with Gasteiger partial charge in [-0.15, -0.1) is 10.2 Å². The van der Waals surface area contributed by atoms with Crippen LogP contribution in [0.15, 0.2) is 23.2 Å². The van der Waals surface area contributed by atoms with Gasteiger partial charge in [0.15, 0.2) is 17.5 Å². The zero-order valence-electron chi connectivity index (χ0n) is 17.0. The first-order valence-electron chi connectivity index (χ1n) is 9.81. The lowest BCUT2D eigenvalue weighted by molar-refractivity contribution is 0.354. The van der Waals surface area contributed by atoms with E-state index in [1.165, 1.54) is 19.3 Å². The summed E-state index contributed by atoms with van der Waals surface area (Å²) in [5.74, 6) is 4.38. The maximum atomic E-state index is 5.36. The van der Waals surface area contributed by atoms with E-state index in [0.29, 0.717) is 6.54 Å². The molecule has 0 amide bonds. The summed E-state index contributed by atoms with van der Waals surface area (Å²) in [6.07, 6.45) is 5.55. The number of hydrogen-bond donors (Lipinski definition) is 2. The van der Waals surface area contributed by atoms with Gasteiger partial charge in [0.1, 0.15) is 11.6 Å². The summed E-state index contributed by atoms with van der Waals surface area (Å²) in [7, 11) is 5.05. The molecular formula is C20H30N6O2. The van der Waals surface area contributed by atoms with E-state index in [-0.39, 0.29) is 0 Å². The van der Waals surface area contributed by atoms with Crippen molar-refractivity contribution in [3.8, 4) is 11.5 Å². The zero-order chi connectivity index (χ0) is 19.8. The van der Waals surface area contributed by atoms with Crippen LogP contribution in [0.2, 0.25) is 0 Å². The molecule has 28 heavy (non-hydrogen) atoms. The average molecular weight is 387 g/mol. The molecule has 0 fully saturated rings. The Balaban J connectivity index is 1.50. The molecule has 0 saturated carbocycles. The molecule has 0 saturated heterocycles. The van der Waals surface area contributed by atoms with Gasteiger partial charge in [-0.3, -0.25) is 4.99 Å². The standard InChI is InChI=1S/C20H30N6O2/c1-21-20(23-14-15-8-9-16(27-2)17(13-15)28-3)22-11-10-19-25-24-18-7-5-4-6-12-26(18)19/h8-9,13H,4-7,10-12,14H2,1-3H3,(H2,21,22,23). The van der Waals surface area contributed by atoms with Crippen LogP contribution >= 0.6 is 0 Å². The molecule has 2 aromatic rings. The van der Waals surface area contributed by atoms with Gasteiger partial charge in [0.25, 0.3) is 0 Å². The summed E-state index contributed by atoms with van der Waals surface area (Å²) < 4.78 is 12.9. The molecule has 2 N–H and O–H groups in total. The van der Waals surface area contributed by atoms with Gasteiger partial charge < -0.3 is 24.7 Å². The topological polar surface area (TPSA) is 85.6 Å². The molecule has 0 aliphatic carbocycles. The Kier molecular flexibility index (Phi) is 7.11. The number of nitrogens with one attached hydrogen (secondary N) is 2. The molecule has 3 rings (SSSR count). The summed E-state index contributed by atoms with van der Waals surface area (Å²) in [6.45, 7) is 2.42. The Labute approximate surface area is 166 Å². The third kappa shape index (κ3) is 4.94. The second-order valence-corrected chi connectivity index (χ2v) is 6.79. The predicted octanol–water partition coefficient (Wildman–Crippen LogP) is 1.93. The fourth-order valence-electron chi connectivity index (χ4n) is 3.42. The number of benzene rings is 1. The predicted molar refractivity (Wildman–Crippen MR) is 109 cm³/mol. The van der Waals surface area contributed by atoms with E-state index in [2.05, 4.69) is 30.4 Å². The highest BCUT2D eigenvalue weighted by atomic mass is 16.5. The Hall–Kier alpha value is -2.77. The summed E-state index contributed by atoms with van der Waals surface area (Å²) >= 11 is 0. The van der Waals surface area contributed by atoms with E-state index in [1.807, 2.05) is 18.2 Å². The number of methoxy groups -OCH3 is 2. The first-order chi connectivity index (χ1) is 13.7. The second-order valence-electron chi connectivity index (χ2n) is 6.79. The molecule has 1 aliphatic rings. The van der Waals surface area contributed by atoms with Gasteiger partial charge >= 0.3 is 0 Å². The Bertz CT molecular complexity index is 802. The first kappa shape index (κ1) is 20.0. The third-order valence-corrected chi connectivity index (χ3v) is 4.96. The zero-order valence-corrected chi connectivity index (χ0v) is 17.0. The molecule has 8 nitrogen and oxygen atoms in total. The summed E-state index contributed by atoms with van der Waals surface area (Å²) in [6, 6.07) is 5.88. The summed E-state index contributed by atoms with van der Waals surface area (Å²) in [5, 5.41) is 15.4. The molecule has 1 aromatic heterocycles. The molecule has 2 heterocycles. The molecule has 1 aliphatic heterocycles. The lowest BCUT2D eigenvalue weighted by Gasteiger charge is -2.14. The Morgan fingerprint density at radius 3 is 2.75 bits per heavy atom. The van der Waals surface area contributed by atoms with E-state index < -0.39 is 0 Å². The third-order valence-electron chi connectivity index (χ3n) is 4.96. The van der Waals surface area contributed by atoms with Crippen molar-refractivity contribution in [2.75, 3.05) is 27.8 Å². The van der Waals surface area contributed by atoms with Crippen LogP contribution in [0.5, 0.6) is 11.5 Å². The van der Waals surface area contributed by atoms with Gasteiger partial charge in [-0.05, 0) is 30.5 Å². The van der Waals surface area contributed by atoms with E-state index in [9.17, 15) is 0 Å². The molecule has 0 atom stereocenters. The van der Waals surface area contributed by atoms with Crippen molar-refractivity contribution in [1.82, 2.24) is 25.4 Å². The van der Waals surface area contributed by atoms with Gasteiger partial charge in [-0.1, -0.05) is 12.5 Å². The van der Waals surface area contributed by atoms with E-state index in [1.54, 1.807) is 21.3 Å². The number of aryl methyl sites for hydroxylation is 1. The van der Waals surface area contributed by atoms with E-state index in [4.69, 9.17) is 9.47 Å². The molecule has 0 radical (unpaired) electrons. The molecule has 0 unspecified atom stereocenters. The number of nitrogens with zero attached hydrogens (tertiary/aromatic N) is 4. The van der Waals surface area contributed by atoms with Gasteiger partial charge in [0.2, 0.25) is 0 Å². The molecule has 1 aromatic carbocycles. The van der Waals surface area contributed by atoms with Crippen molar-refractivity contribution in [1.29, 1.82) is 0 Å². The highest BCUT2D eigenvalue weighted by molar-refractivity contribution is 5.79. The maximum absolute atomic E-state index is 5.36. The normalized spacial score (nSPS) is 14.2. The van der Waals surface area contributed by atoms with Crippen LogP contribution in [0.4, 0.5) is 0 Å². The molecular weight excluding hydrogens is 356 g/mol. The maximum Gasteiger partial charge on any atom is 0.191 e. The minimum Gasteiger partial charge on any atom is -0.493 e. The summed E-state index contributed by atoms with van der Waals surface area (Å²) in [4.78, 5) is 4.30. The van der Waals surface area contributed by atoms with E-state index >= 15 is 0 Å². The average Bonchev–Trinajstić information content (AvgIpc) is 2.96. The fraction of sp³-hybridized carbons (Fsp3) is 0.550. The van der Waals surface area contributed by atoms with Crippen molar-refractivity contribution in [2.45, 2.75) is 45.2 Å². The number of ether oxygens (including phenoxy) is 2. The van der Waals surface area contributed by atoms with Crippen molar-refractivity contribution in [3.05, 3.63) is 35.4 Å². The Morgan fingerprint density at radius 1 is 1.11 bits per heavy atom. The van der Waals surface area contributed by atoms with Crippen molar-refractivity contribution in [3.63, 3.8) is 0 Å². The Morgan fingerprint density at radius 2 is 1.96 bits per heavy atom. The number of aromatic nitrogens is 3. The lowest BCUT2D eigenvalue weighted by Crippen LogP contribution is -2.38. The van der Waals surface area contributed by atoms with Crippen LogP contribution in [0.1, 0.15) is 36.5 Å². The number of rotatable bonds is 7. The first-order valence-corrected chi connectivity index (χ1v) is 9.81. The van der Waals surface area contributed by atoms with Crippen LogP contribution in [-0.2, 0) is 25.9 Å². The van der Waals surface area contributed by atoms with Gasteiger partial charge in [-0.2, -0.15) is 0 Å². The largest absolute Gasteiger partial charge is 0.493 e. The SMILES string of the molecule is CN=C(NCCc1nnc2n1CCCCC2)NCc1ccc(OC)c(OC)c1. The lowest BCUT2D eigenvalue weighted by atomic mass is 10.2. The highest BCUT2D eigenvalue weighted by Crippen LogP contribution is 2.27. The van der Waals surface area contributed by atoms with Crippen LogP contribution < -0.4 is 20.1 Å². The van der Waals surface area contributed by atoms with Crippen molar-refractivity contribution < 1.29 is 9.47 Å². The summed E-state index contributed by atoms with van der Waals surface area (Å²) in [5.41, 5.74) is 1.09. The monoisotopic (exact) mass is 386 g/mol. The van der Waals surface area contributed by atoms with Crippen molar-refractivity contribution >= 4 is 5.96 Å². The van der Waals surface area contributed by atoms with Crippen LogP contribution in [0, 0.1) is 0 Å². The van der Waals surface area contributed by atoms with Crippen LogP contribution in [0.3, 0.4) is 0 Å². The number of hydrogen-bond acceptors (Lipinski definition) is 5. The van der Waals surface area contributed by atoms with E-state index in [0.717, 1.165) is 60.6 Å². The van der Waals surface area contributed by atoms with Gasteiger partial charge in [0, 0.05) is 39.5 Å².